The lowest BCUT2D eigenvalue weighted by Gasteiger charge is -2.16. The normalized spacial score (nSPS) is 27.2. The summed E-state index contributed by atoms with van der Waals surface area (Å²) in [6, 6.07) is -0.310. The lowest BCUT2D eigenvalue weighted by Crippen LogP contribution is -2.38. The molecule has 1 heterocycles. The maximum atomic E-state index is 11.2. The third-order valence-electron chi connectivity index (χ3n) is 2.11. The molecule has 0 saturated carbocycles. The van der Waals surface area contributed by atoms with Gasteiger partial charge in [-0.3, -0.25) is 4.79 Å². The van der Waals surface area contributed by atoms with Crippen LogP contribution in [0.2, 0.25) is 0 Å². The minimum absolute atomic E-state index is 0.242. The number of carbonyl (C=O) groups excluding carboxylic acids is 2. The smallest absolute Gasteiger partial charge is 0.417 e. The van der Waals surface area contributed by atoms with Gasteiger partial charge in [0.15, 0.2) is 0 Å². The second-order valence-electron chi connectivity index (χ2n) is 2.95. The van der Waals surface area contributed by atoms with Gasteiger partial charge in [-0.25, -0.2) is 9.69 Å². The Balaban J connectivity index is 2.88. The zero-order valence-corrected chi connectivity index (χ0v) is 7.82. The van der Waals surface area contributed by atoms with Gasteiger partial charge in [0.1, 0.15) is 6.10 Å². The van der Waals surface area contributed by atoms with Crippen LogP contribution in [0.4, 0.5) is 4.79 Å². The summed E-state index contributed by atoms with van der Waals surface area (Å²) in [6.07, 6.45) is 1.45. The molecule has 4 heteroatoms. The molecule has 0 radical (unpaired) electrons. The Bertz CT molecular complexity index is 249. The van der Waals surface area contributed by atoms with Crippen LogP contribution in [0, 0.1) is 0 Å². The molecular formula is C9H13NO3. The first-order valence-electron chi connectivity index (χ1n) is 4.24. The molecule has 0 aromatic heterocycles. The van der Waals surface area contributed by atoms with Crippen LogP contribution in [0.15, 0.2) is 12.7 Å². The molecule has 1 aliphatic heterocycles. The molecular weight excluding hydrogens is 170 g/mol. The zero-order valence-electron chi connectivity index (χ0n) is 7.82. The van der Waals surface area contributed by atoms with Gasteiger partial charge in [0.2, 0.25) is 5.91 Å². The number of rotatable bonds is 2. The van der Waals surface area contributed by atoms with E-state index < -0.39 is 6.09 Å². The van der Waals surface area contributed by atoms with Gasteiger partial charge in [-0.2, -0.15) is 0 Å². The minimum Gasteiger partial charge on any atom is -0.443 e. The average molecular weight is 183 g/mol. The molecule has 0 N–H and O–H groups in total. The van der Waals surface area contributed by atoms with E-state index in [0.717, 1.165) is 4.90 Å². The van der Waals surface area contributed by atoms with Crippen molar-refractivity contribution in [1.82, 2.24) is 4.90 Å². The van der Waals surface area contributed by atoms with Gasteiger partial charge in [0.05, 0.1) is 6.04 Å². The van der Waals surface area contributed by atoms with Crippen molar-refractivity contribution in [3.05, 3.63) is 12.7 Å². The minimum atomic E-state index is -0.566. The van der Waals surface area contributed by atoms with Gasteiger partial charge in [0, 0.05) is 6.92 Å². The van der Waals surface area contributed by atoms with E-state index in [2.05, 4.69) is 6.58 Å². The van der Waals surface area contributed by atoms with Crippen molar-refractivity contribution in [1.29, 1.82) is 0 Å². The van der Waals surface area contributed by atoms with E-state index >= 15 is 0 Å². The molecule has 1 fully saturated rings. The fraction of sp³-hybridized carbons (Fsp3) is 0.556. The molecule has 1 rings (SSSR count). The first kappa shape index (κ1) is 9.77. The standard InChI is InChI=1S/C9H13NO3/c1-4-7-8(5-2)13-9(12)10(7)6(3)11/h4,7-8H,1,5H2,2-3H3/t7-,8-/m1/s1. The molecule has 0 bridgehead atoms. The average Bonchev–Trinajstić information content (AvgIpc) is 2.41. The molecule has 0 aliphatic carbocycles. The van der Waals surface area contributed by atoms with Crippen LogP contribution in [-0.2, 0) is 9.53 Å². The number of carbonyl (C=O) groups is 2. The van der Waals surface area contributed by atoms with Crippen molar-refractivity contribution in [3.8, 4) is 0 Å². The number of ether oxygens (including phenoxy) is 1. The summed E-state index contributed by atoms with van der Waals surface area (Å²) in [5, 5.41) is 0. The maximum absolute atomic E-state index is 11.2. The van der Waals surface area contributed by atoms with Crippen LogP contribution in [0.3, 0.4) is 0 Å². The fourth-order valence-corrected chi connectivity index (χ4v) is 1.46. The number of amides is 2. The SMILES string of the molecule is C=C[C@@H]1[C@@H](CC)OC(=O)N1C(C)=O. The lowest BCUT2D eigenvalue weighted by atomic mass is 10.1. The van der Waals surface area contributed by atoms with Gasteiger partial charge in [-0.15, -0.1) is 6.58 Å². The quantitative estimate of drug-likeness (QED) is 0.606. The van der Waals surface area contributed by atoms with E-state index in [1.165, 1.54) is 6.92 Å². The summed E-state index contributed by atoms with van der Waals surface area (Å²) < 4.78 is 4.98. The van der Waals surface area contributed by atoms with Gasteiger partial charge in [-0.1, -0.05) is 13.0 Å². The molecule has 0 unspecified atom stereocenters. The Morgan fingerprint density at radius 1 is 1.77 bits per heavy atom. The number of imide groups is 1. The molecule has 4 nitrogen and oxygen atoms in total. The fourth-order valence-electron chi connectivity index (χ4n) is 1.46. The maximum Gasteiger partial charge on any atom is 0.417 e. The van der Waals surface area contributed by atoms with Crippen molar-refractivity contribution in [2.45, 2.75) is 32.4 Å². The van der Waals surface area contributed by atoms with E-state index in [0.29, 0.717) is 6.42 Å². The summed E-state index contributed by atoms with van der Waals surface area (Å²) in [5.41, 5.74) is 0. The van der Waals surface area contributed by atoms with Crippen LogP contribution >= 0.6 is 0 Å². The molecule has 0 aromatic carbocycles. The van der Waals surface area contributed by atoms with Crippen LogP contribution in [0.25, 0.3) is 0 Å². The Morgan fingerprint density at radius 3 is 2.77 bits per heavy atom. The third-order valence-corrected chi connectivity index (χ3v) is 2.11. The zero-order chi connectivity index (χ0) is 10.0. The van der Waals surface area contributed by atoms with Crippen molar-refractivity contribution in [2.24, 2.45) is 0 Å². The van der Waals surface area contributed by atoms with E-state index in [9.17, 15) is 9.59 Å². The van der Waals surface area contributed by atoms with Gasteiger partial charge >= 0.3 is 6.09 Å². The van der Waals surface area contributed by atoms with Gasteiger partial charge in [0.25, 0.3) is 0 Å². The van der Waals surface area contributed by atoms with Crippen molar-refractivity contribution in [3.63, 3.8) is 0 Å². The lowest BCUT2D eigenvalue weighted by molar-refractivity contribution is -0.126. The highest BCUT2D eigenvalue weighted by atomic mass is 16.6. The highest BCUT2D eigenvalue weighted by molar-refractivity contribution is 5.92. The molecule has 2 amide bonds. The largest absolute Gasteiger partial charge is 0.443 e. The van der Waals surface area contributed by atoms with E-state index in [-0.39, 0.29) is 18.1 Å². The van der Waals surface area contributed by atoms with E-state index in [4.69, 9.17) is 4.74 Å². The first-order chi connectivity index (χ1) is 6.11. The molecule has 1 saturated heterocycles. The highest BCUT2D eigenvalue weighted by Gasteiger charge is 2.41. The van der Waals surface area contributed by atoms with Crippen molar-refractivity contribution < 1.29 is 14.3 Å². The molecule has 13 heavy (non-hydrogen) atoms. The number of hydrogen-bond donors (Lipinski definition) is 0. The Morgan fingerprint density at radius 2 is 2.38 bits per heavy atom. The van der Waals surface area contributed by atoms with Gasteiger partial charge < -0.3 is 4.74 Å². The summed E-state index contributed by atoms with van der Waals surface area (Å²) in [6.45, 7) is 6.83. The third kappa shape index (κ3) is 1.56. The van der Waals surface area contributed by atoms with Gasteiger partial charge in [-0.05, 0) is 6.42 Å². The molecule has 72 valence electrons. The van der Waals surface area contributed by atoms with Crippen molar-refractivity contribution in [2.75, 3.05) is 0 Å². The molecule has 1 aliphatic rings. The van der Waals surface area contributed by atoms with Crippen molar-refractivity contribution >= 4 is 12.0 Å². The summed E-state index contributed by atoms with van der Waals surface area (Å²) in [7, 11) is 0. The topological polar surface area (TPSA) is 46.6 Å². The van der Waals surface area contributed by atoms with Crippen LogP contribution in [0.1, 0.15) is 20.3 Å². The second kappa shape index (κ2) is 3.60. The predicted molar refractivity (Wildman–Crippen MR) is 47.1 cm³/mol. The second-order valence-corrected chi connectivity index (χ2v) is 2.95. The van der Waals surface area contributed by atoms with E-state index in [1.807, 2.05) is 6.92 Å². The summed E-state index contributed by atoms with van der Waals surface area (Å²) >= 11 is 0. The van der Waals surface area contributed by atoms with Crippen LogP contribution < -0.4 is 0 Å². The van der Waals surface area contributed by atoms with Crippen LogP contribution in [0.5, 0.6) is 0 Å². The predicted octanol–water partition coefficient (Wildman–Crippen LogP) is 1.32. The first-order valence-corrected chi connectivity index (χ1v) is 4.24. The van der Waals surface area contributed by atoms with E-state index in [1.54, 1.807) is 6.08 Å². The monoisotopic (exact) mass is 183 g/mol. The van der Waals surface area contributed by atoms with Crippen LogP contribution in [-0.4, -0.2) is 29.0 Å². The highest BCUT2D eigenvalue weighted by Crippen LogP contribution is 2.22. The summed E-state index contributed by atoms with van der Waals surface area (Å²) in [5.74, 6) is -0.300. The summed E-state index contributed by atoms with van der Waals surface area (Å²) in [4.78, 5) is 23.4. The molecule has 2 atom stereocenters. The number of cyclic esters (lactones) is 1. The Labute approximate surface area is 77.2 Å². The molecule has 0 spiro atoms. The number of nitrogens with zero attached hydrogens (tertiary/aromatic N) is 1. The Kier molecular flexibility index (Phi) is 2.70. The number of hydrogen-bond acceptors (Lipinski definition) is 3. The molecule has 0 aromatic rings. The Hall–Kier alpha value is -1.32.